The van der Waals surface area contributed by atoms with Crippen LogP contribution in [0.4, 0.5) is 10.3 Å². The van der Waals surface area contributed by atoms with Gasteiger partial charge in [-0.3, -0.25) is 4.90 Å². The summed E-state index contributed by atoms with van der Waals surface area (Å²) in [6.45, 7) is 3.84. The lowest BCUT2D eigenvalue weighted by atomic mass is 10.1. The van der Waals surface area contributed by atoms with Gasteiger partial charge in [0, 0.05) is 50.7 Å². The molecule has 0 saturated carbocycles. The number of halogens is 1. The van der Waals surface area contributed by atoms with Crippen molar-refractivity contribution in [3.05, 3.63) is 48.0 Å². The molecule has 1 aliphatic heterocycles. The summed E-state index contributed by atoms with van der Waals surface area (Å²) in [6.07, 6.45) is 3.47. The molecule has 0 radical (unpaired) electrons. The molecule has 21 heavy (non-hydrogen) atoms. The molecule has 0 amide bonds. The van der Waals surface area contributed by atoms with E-state index in [1.54, 1.807) is 18.5 Å². The second kappa shape index (κ2) is 6.05. The minimum atomic E-state index is -0.320. The van der Waals surface area contributed by atoms with E-state index < -0.39 is 0 Å². The maximum Gasteiger partial charge on any atom is 0.225 e. The van der Waals surface area contributed by atoms with E-state index >= 15 is 0 Å². The lowest BCUT2D eigenvalue weighted by Crippen LogP contribution is -2.46. The summed E-state index contributed by atoms with van der Waals surface area (Å²) in [4.78, 5) is 12.8. The Kier molecular flexibility index (Phi) is 3.96. The second-order valence-electron chi connectivity index (χ2n) is 5.09. The zero-order chi connectivity index (χ0) is 14.7. The van der Waals surface area contributed by atoms with Gasteiger partial charge < -0.3 is 10.0 Å². The summed E-state index contributed by atoms with van der Waals surface area (Å²) >= 11 is 0. The van der Waals surface area contributed by atoms with E-state index in [1.807, 2.05) is 0 Å². The van der Waals surface area contributed by atoms with Gasteiger partial charge in [0.25, 0.3) is 0 Å². The number of aromatic nitrogens is 2. The van der Waals surface area contributed by atoms with Crippen LogP contribution in [-0.4, -0.2) is 46.2 Å². The predicted molar refractivity (Wildman–Crippen MR) is 77.6 cm³/mol. The molecule has 2 heterocycles. The Morgan fingerprint density at radius 2 is 1.81 bits per heavy atom. The van der Waals surface area contributed by atoms with E-state index in [0.29, 0.717) is 12.1 Å². The van der Waals surface area contributed by atoms with Crippen molar-refractivity contribution in [2.45, 2.75) is 6.54 Å². The number of rotatable bonds is 3. The first-order valence-electron chi connectivity index (χ1n) is 6.94. The van der Waals surface area contributed by atoms with Crippen LogP contribution in [0, 0.1) is 5.82 Å². The molecule has 0 spiro atoms. The molecule has 0 atom stereocenters. The Morgan fingerprint density at radius 3 is 2.52 bits per heavy atom. The Balaban J connectivity index is 1.60. The number of aromatic hydroxyl groups is 1. The third-order valence-corrected chi connectivity index (χ3v) is 3.64. The van der Waals surface area contributed by atoms with E-state index in [9.17, 15) is 9.50 Å². The van der Waals surface area contributed by atoms with Crippen molar-refractivity contribution in [2.75, 3.05) is 31.1 Å². The van der Waals surface area contributed by atoms with Crippen LogP contribution in [-0.2, 0) is 6.54 Å². The molecule has 1 fully saturated rings. The van der Waals surface area contributed by atoms with Crippen LogP contribution >= 0.6 is 0 Å². The molecule has 6 heteroatoms. The van der Waals surface area contributed by atoms with Crippen LogP contribution in [0.15, 0.2) is 36.7 Å². The van der Waals surface area contributed by atoms with Crippen LogP contribution in [0.3, 0.4) is 0 Å². The van der Waals surface area contributed by atoms with Gasteiger partial charge >= 0.3 is 0 Å². The summed E-state index contributed by atoms with van der Waals surface area (Å²) in [5.74, 6) is 0.565. The van der Waals surface area contributed by atoms with Crippen molar-refractivity contribution in [3.8, 4) is 5.75 Å². The minimum Gasteiger partial charge on any atom is -0.508 e. The predicted octanol–water partition coefficient (Wildman–Crippen LogP) is 1.64. The molecule has 1 saturated heterocycles. The first-order valence-corrected chi connectivity index (χ1v) is 6.94. The van der Waals surface area contributed by atoms with Crippen molar-refractivity contribution in [3.63, 3.8) is 0 Å². The van der Waals surface area contributed by atoms with Crippen LogP contribution in [0.5, 0.6) is 5.75 Å². The van der Waals surface area contributed by atoms with E-state index in [2.05, 4.69) is 19.8 Å². The topological polar surface area (TPSA) is 52.5 Å². The number of anilines is 1. The lowest BCUT2D eigenvalue weighted by molar-refractivity contribution is 0.245. The highest BCUT2D eigenvalue weighted by atomic mass is 19.1. The number of nitrogens with zero attached hydrogens (tertiary/aromatic N) is 4. The van der Waals surface area contributed by atoms with E-state index in [1.165, 1.54) is 18.2 Å². The maximum absolute atomic E-state index is 13.2. The monoisotopic (exact) mass is 288 g/mol. The largest absolute Gasteiger partial charge is 0.508 e. The van der Waals surface area contributed by atoms with Crippen molar-refractivity contribution >= 4 is 5.95 Å². The van der Waals surface area contributed by atoms with Crippen LogP contribution in [0.2, 0.25) is 0 Å². The summed E-state index contributed by atoms with van der Waals surface area (Å²) in [7, 11) is 0. The first-order chi connectivity index (χ1) is 10.2. The normalized spacial score (nSPS) is 16.1. The van der Waals surface area contributed by atoms with Gasteiger partial charge in [-0.25, -0.2) is 14.4 Å². The molecular formula is C15H17FN4O. The SMILES string of the molecule is Oc1ccc(F)cc1CN1CCN(c2ncccn2)CC1. The van der Waals surface area contributed by atoms with Crippen molar-refractivity contribution in [1.29, 1.82) is 0 Å². The standard InChI is InChI=1S/C15H17FN4O/c16-13-2-3-14(21)12(10-13)11-19-6-8-20(9-7-19)15-17-4-1-5-18-15/h1-5,10,21H,6-9,11H2. The second-order valence-corrected chi connectivity index (χ2v) is 5.09. The molecule has 5 nitrogen and oxygen atoms in total. The van der Waals surface area contributed by atoms with Crippen LogP contribution in [0.1, 0.15) is 5.56 Å². The summed E-state index contributed by atoms with van der Waals surface area (Å²) in [5, 5.41) is 9.77. The Morgan fingerprint density at radius 1 is 1.10 bits per heavy atom. The number of benzene rings is 1. The highest BCUT2D eigenvalue weighted by Gasteiger charge is 2.19. The number of piperazine rings is 1. The van der Waals surface area contributed by atoms with Gasteiger partial charge in [0.05, 0.1) is 0 Å². The lowest BCUT2D eigenvalue weighted by Gasteiger charge is -2.34. The first kappa shape index (κ1) is 13.8. The molecule has 3 rings (SSSR count). The van der Waals surface area contributed by atoms with Crippen molar-refractivity contribution in [1.82, 2.24) is 14.9 Å². The molecule has 1 aromatic heterocycles. The summed E-state index contributed by atoms with van der Waals surface area (Å²) in [6, 6.07) is 5.86. The van der Waals surface area contributed by atoms with Gasteiger partial charge in [-0.15, -0.1) is 0 Å². The fourth-order valence-electron chi connectivity index (χ4n) is 2.48. The zero-order valence-corrected chi connectivity index (χ0v) is 11.6. The number of hydrogen-bond acceptors (Lipinski definition) is 5. The summed E-state index contributed by atoms with van der Waals surface area (Å²) < 4.78 is 13.2. The van der Waals surface area contributed by atoms with Gasteiger partial charge in [-0.05, 0) is 24.3 Å². The molecule has 0 unspecified atom stereocenters. The summed E-state index contributed by atoms with van der Waals surface area (Å²) in [5.41, 5.74) is 0.624. The van der Waals surface area contributed by atoms with E-state index in [-0.39, 0.29) is 11.6 Å². The van der Waals surface area contributed by atoms with E-state index in [0.717, 1.165) is 32.1 Å². The highest BCUT2D eigenvalue weighted by Crippen LogP contribution is 2.20. The minimum absolute atomic E-state index is 0.144. The Labute approximate surface area is 122 Å². The average molecular weight is 288 g/mol. The van der Waals surface area contributed by atoms with Crippen molar-refractivity contribution < 1.29 is 9.50 Å². The third-order valence-electron chi connectivity index (χ3n) is 3.64. The average Bonchev–Trinajstić information content (AvgIpc) is 2.53. The maximum atomic E-state index is 13.2. The number of phenols is 1. The third kappa shape index (κ3) is 3.28. The Bertz CT molecular complexity index is 600. The fraction of sp³-hybridized carbons (Fsp3) is 0.333. The molecule has 1 aromatic carbocycles. The molecule has 0 bridgehead atoms. The van der Waals surface area contributed by atoms with Gasteiger partial charge in [-0.2, -0.15) is 0 Å². The molecule has 1 N–H and O–H groups in total. The fourth-order valence-corrected chi connectivity index (χ4v) is 2.48. The molecule has 2 aromatic rings. The molecule has 110 valence electrons. The molecule has 0 aliphatic carbocycles. The zero-order valence-electron chi connectivity index (χ0n) is 11.6. The molecular weight excluding hydrogens is 271 g/mol. The van der Waals surface area contributed by atoms with Gasteiger partial charge in [0.1, 0.15) is 11.6 Å². The Hall–Kier alpha value is -2.21. The van der Waals surface area contributed by atoms with Crippen molar-refractivity contribution in [2.24, 2.45) is 0 Å². The van der Waals surface area contributed by atoms with Gasteiger partial charge in [-0.1, -0.05) is 0 Å². The van der Waals surface area contributed by atoms with Crippen LogP contribution < -0.4 is 4.90 Å². The number of phenolic OH excluding ortho intramolecular Hbond substituents is 1. The highest BCUT2D eigenvalue weighted by molar-refractivity contribution is 5.33. The van der Waals surface area contributed by atoms with Gasteiger partial charge in [0.15, 0.2) is 0 Å². The van der Waals surface area contributed by atoms with Crippen LogP contribution in [0.25, 0.3) is 0 Å². The van der Waals surface area contributed by atoms with Gasteiger partial charge in [0.2, 0.25) is 5.95 Å². The number of hydrogen-bond donors (Lipinski definition) is 1. The smallest absolute Gasteiger partial charge is 0.225 e. The quantitative estimate of drug-likeness (QED) is 0.930. The molecule has 1 aliphatic rings. The van der Waals surface area contributed by atoms with E-state index in [4.69, 9.17) is 0 Å².